The van der Waals surface area contributed by atoms with Gasteiger partial charge in [0.25, 0.3) is 5.91 Å². The van der Waals surface area contributed by atoms with Gasteiger partial charge in [-0.1, -0.05) is 0 Å². The monoisotopic (exact) mass is 619 g/mol. The number of rotatable bonds is 5. The molecule has 1 aromatic carbocycles. The highest BCUT2D eigenvalue weighted by Crippen LogP contribution is 2.40. The van der Waals surface area contributed by atoms with Gasteiger partial charge in [0, 0.05) is 75.1 Å². The van der Waals surface area contributed by atoms with Crippen molar-refractivity contribution in [1.29, 1.82) is 0 Å². The van der Waals surface area contributed by atoms with Gasteiger partial charge in [-0.3, -0.25) is 9.59 Å². The number of hydrogen-bond acceptors (Lipinski definition) is 8. The molecule has 5 heterocycles. The van der Waals surface area contributed by atoms with Crippen LogP contribution in [-0.2, 0) is 10.9 Å². The number of ether oxygens (including phenoxy) is 1. The number of carbonyl (C=O) groups is 1. The number of carbonyl (C=O) groups excluding carboxylic acids is 1. The summed E-state index contributed by atoms with van der Waals surface area (Å²) in [5.41, 5.74) is -4.58. The molecule has 0 saturated carbocycles. The zero-order valence-electron chi connectivity index (χ0n) is 23.9. The summed E-state index contributed by atoms with van der Waals surface area (Å²) in [5, 5.41) is 2.25. The van der Waals surface area contributed by atoms with E-state index < -0.39 is 51.7 Å². The molecule has 0 spiro atoms. The van der Waals surface area contributed by atoms with Crippen molar-refractivity contribution in [1.82, 2.24) is 19.9 Å². The van der Waals surface area contributed by atoms with E-state index in [1.165, 1.54) is 12.4 Å². The van der Waals surface area contributed by atoms with Gasteiger partial charge >= 0.3 is 6.18 Å². The Bertz CT molecular complexity index is 1620. The molecule has 1 amide bonds. The average molecular weight is 620 g/mol. The lowest BCUT2D eigenvalue weighted by molar-refractivity contribution is -0.138. The maximum atomic E-state index is 16.4. The van der Waals surface area contributed by atoms with Crippen LogP contribution in [0.15, 0.2) is 35.5 Å². The minimum Gasteiger partial charge on any atom is -0.371 e. The average Bonchev–Trinajstić information content (AvgIpc) is 3.32. The molecule has 3 saturated heterocycles. The molecular weight excluding hydrogens is 589 g/mol. The number of fused-ring (bicyclic) bond motifs is 2. The summed E-state index contributed by atoms with van der Waals surface area (Å²) in [6, 6.07) is 1.28. The molecule has 0 aliphatic carbocycles. The normalized spacial score (nSPS) is 22.4. The molecule has 0 radical (unpaired) electrons. The number of alkyl halides is 3. The summed E-state index contributed by atoms with van der Waals surface area (Å²) in [5.74, 6) is -3.10. The molecule has 3 aliphatic rings. The minimum absolute atomic E-state index is 0.0196. The predicted molar refractivity (Wildman–Crippen MR) is 152 cm³/mol. The number of nitrogens with one attached hydrogen (secondary N) is 2. The highest BCUT2D eigenvalue weighted by atomic mass is 19.4. The second-order valence-corrected chi connectivity index (χ2v) is 11.4. The lowest BCUT2D eigenvalue weighted by Crippen LogP contribution is -2.50. The van der Waals surface area contributed by atoms with Crippen LogP contribution in [0.4, 0.5) is 39.3 Å². The van der Waals surface area contributed by atoms with Crippen molar-refractivity contribution in [3.05, 3.63) is 63.8 Å². The van der Waals surface area contributed by atoms with E-state index >= 15 is 8.78 Å². The molecule has 10 nitrogen and oxygen atoms in total. The molecule has 2 aromatic heterocycles. The molecule has 234 valence electrons. The number of amides is 1. The number of likely N-dealkylation sites (N-methyl/N-ethyl adjacent to an activating group) is 1. The Labute approximate surface area is 248 Å². The van der Waals surface area contributed by atoms with Crippen LogP contribution in [0, 0.1) is 11.6 Å². The van der Waals surface area contributed by atoms with Gasteiger partial charge in [-0.15, -0.1) is 0 Å². The number of hydrogen-bond donors (Lipinski definition) is 2. The number of halogens is 5. The molecule has 44 heavy (non-hydrogen) atoms. The van der Waals surface area contributed by atoms with Gasteiger partial charge < -0.3 is 29.7 Å². The molecule has 2 bridgehead atoms. The predicted octanol–water partition coefficient (Wildman–Crippen LogP) is 3.89. The Balaban J connectivity index is 1.39. The van der Waals surface area contributed by atoms with Gasteiger partial charge in [0.15, 0.2) is 5.82 Å². The largest absolute Gasteiger partial charge is 0.417 e. The molecule has 3 atom stereocenters. The molecule has 6 rings (SSSR count). The summed E-state index contributed by atoms with van der Waals surface area (Å²) in [4.78, 5) is 41.3. The van der Waals surface area contributed by atoms with Crippen LogP contribution in [0.25, 0.3) is 11.1 Å². The van der Waals surface area contributed by atoms with E-state index in [1.54, 1.807) is 4.90 Å². The van der Waals surface area contributed by atoms with Gasteiger partial charge in [-0.05, 0) is 26.8 Å². The third-order valence-corrected chi connectivity index (χ3v) is 8.46. The Morgan fingerprint density at radius 1 is 1.05 bits per heavy atom. The van der Waals surface area contributed by atoms with E-state index in [0.717, 1.165) is 18.9 Å². The molecular formula is C29H30F5N7O3. The number of benzene rings is 1. The topological polar surface area (TPSA) is 107 Å². The summed E-state index contributed by atoms with van der Waals surface area (Å²) in [7, 11) is 1.90. The quantitative estimate of drug-likeness (QED) is 0.415. The fourth-order valence-electron chi connectivity index (χ4n) is 5.97. The van der Waals surface area contributed by atoms with Crippen molar-refractivity contribution in [2.75, 3.05) is 54.9 Å². The summed E-state index contributed by atoms with van der Waals surface area (Å²) >= 11 is 0. The van der Waals surface area contributed by atoms with Crippen LogP contribution in [-0.4, -0.2) is 83.8 Å². The highest BCUT2D eigenvalue weighted by molar-refractivity contribution is 6.07. The lowest BCUT2D eigenvalue weighted by Gasteiger charge is -2.39. The number of nitrogens with zero attached hydrogens (tertiary/aromatic N) is 5. The fraction of sp³-hybridized carbons (Fsp3) is 0.448. The smallest absolute Gasteiger partial charge is 0.371 e. The fourth-order valence-corrected chi connectivity index (χ4v) is 5.97. The van der Waals surface area contributed by atoms with Gasteiger partial charge in [-0.25, -0.2) is 18.7 Å². The van der Waals surface area contributed by atoms with E-state index in [0.29, 0.717) is 44.9 Å². The molecule has 3 aliphatic heterocycles. The zero-order chi connectivity index (χ0) is 31.3. The van der Waals surface area contributed by atoms with Gasteiger partial charge in [0.05, 0.1) is 34.6 Å². The highest BCUT2D eigenvalue weighted by Gasteiger charge is 2.37. The van der Waals surface area contributed by atoms with E-state index in [2.05, 4.69) is 20.3 Å². The third kappa shape index (κ3) is 5.73. The van der Waals surface area contributed by atoms with E-state index in [4.69, 9.17) is 4.74 Å². The molecule has 3 aromatic rings. The SMILES string of the molecule is C[C@H]1CN(c2cc(F)c(-c3cnc(N4C[C@H]5CC[C@@H](C4)O5)nc3)c(F)c2NC(=O)c2c[nH]c(=O)cc2C(F)(F)F)CCN1C. The van der Waals surface area contributed by atoms with E-state index in [9.17, 15) is 22.8 Å². The first-order valence-electron chi connectivity index (χ1n) is 14.2. The number of aromatic nitrogens is 3. The minimum atomic E-state index is -5.04. The van der Waals surface area contributed by atoms with Crippen molar-refractivity contribution in [3.8, 4) is 11.1 Å². The Morgan fingerprint density at radius 2 is 1.73 bits per heavy atom. The standard InChI is InChI=1S/C29H30F5N7O3/c1-15-12-40(6-5-39(15)2)22-8-21(30)24(16-9-36-28(37-10-16)41-13-17-3-4-18(14-41)44-17)25(31)26(22)38-27(43)19-11-35-23(42)7-20(19)29(32,33)34/h7-11,15,17-18H,3-6,12-14H2,1-2H3,(H,35,42)(H,38,43)/t15-,17-,18+/m0/s1. The van der Waals surface area contributed by atoms with E-state index in [-0.39, 0.29) is 35.6 Å². The number of H-pyrrole nitrogens is 1. The van der Waals surface area contributed by atoms with Crippen LogP contribution >= 0.6 is 0 Å². The molecule has 15 heteroatoms. The van der Waals surface area contributed by atoms with Crippen molar-refractivity contribution in [2.24, 2.45) is 0 Å². The first-order chi connectivity index (χ1) is 20.9. The Kier molecular flexibility index (Phi) is 7.78. The summed E-state index contributed by atoms with van der Waals surface area (Å²) in [6.45, 7) is 4.32. The van der Waals surface area contributed by atoms with Gasteiger partial charge in [0.1, 0.15) is 11.5 Å². The van der Waals surface area contributed by atoms with Crippen LogP contribution < -0.4 is 20.7 Å². The number of pyridine rings is 1. The van der Waals surface area contributed by atoms with Crippen LogP contribution in [0.3, 0.4) is 0 Å². The number of aromatic amines is 1. The van der Waals surface area contributed by atoms with Crippen LogP contribution in [0.5, 0.6) is 0 Å². The maximum Gasteiger partial charge on any atom is 0.417 e. The number of piperazine rings is 1. The van der Waals surface area contributed by atoms with E-state index in [1.807, 2.05) is 23.8 Å². The summed E-state index contributed by atoms with van der Waals surface area (Å²) < 4.78 is 79.1. The van der Waals surface area contributed by atoms with Crippen molar-refractivity contribution >= 4 is 23.2 Å². The maximum absolute atomic E-state index is 16.4. The van der Waals surface area contributed by atoms with Crippen molar-refractivity contribution in [2.45, 2.75) is 44.2 Å². The van der Waals surface area contributed by atoms with Crippen LogP contribution in [0.2, 0.25) is 0 Å². The van der Waals surface area contributed by atoms with Crippen molar-refractivity contribution in [3.63, 3.8) is 0 Å². The number of anilines is 3. The van der Waals surface area contributed by atoms with Crippen molar-refractivity contribution < 1.29 is 31.5 Å². The second kappa shape index (κ2) is 11.4. The molecule has 3 fully saturated rings. The molecule has 2 N–H and O–H groups in total. The van der Waals surface area contributed by atoms with Gasteiger partial charge in [0.2, 0.25) is 11.5 Å². The second-order valence-electron chi connectivity index (χ2n) is 11.4. The van der Waals surface area contributed by atoms with Gasteiger partial charge in [-0.2, -0.15) is 13.2 Å². The first kappa shape index (κ1) is 29.9. The number of morpholine rings is 1. The Morgan fingerprint density at radius 3 is 2.36 bits per heavy atom. The summed E-state index contributed by atoms with van der Waals surface area (Å²) in [6.07, 6.45) is 0.138. The zero-order valence-corrected chi connectivity index (χ0v) is 23.9. The van der Waals surface area contributed by atoms with Crippen LogP contribution in [0.1, 0.15) is 35.7 Å². The Hall–Kier alpha value is -4.11. The lowest BCUT2D eigenvalue weighted by atomic mass is 10.0. The first-order valence-corrected chi connectivity index (χ1v) is 14.2. The molecule has 0 unspecified atom stereocenters. The third-order valence-electron chi connectivity index (χ3n) is 8.46.